The molecule has 0 saturated carbocycles. The zero-order valence-corrected chi connectivity index (χ0v) is 16.6. The van der Waals surface area contributed by atoms with Gasteiger partial charge in [-0.25, -0.2) is 0 Å². The zero-order valence-electron chi connectivity index (χ0n) is 16.6. The van der Waals surface area contributed by atoms with Crippen LogP contribution in [-0.2, 0) is 20.9 Å². The summed E-state index contributed by atoms with van der Waals surface area (Å²) in [6.07, 6.45) is 1.24. The van der Waals surface area contributed by atoms with Crippen LogP contribution in [0.3, 0.4) is 0 Å². The lowest BCUT2D eigenvalue weighted by molar-refractivity contribution is -0.136. The molecule has 0 bridgehead atoms. The molecule has 3 saturated heterocycles. The number of nitrogens with zero attached hydrogens (tertiary/aromatic N) is 2. The second-order valence-corrected chi connectivity index (χ2v) is 8.50. The van der Waals surface area contributed by atoms with Gasteiger partial charge < -0.3 is 10.1 Å². The lowest BCUT2D eigenvalue weighted by Gasteiger charge is -2.34. The number of fused-ring (bicyclic) bond motifs is 1. The van der Waals surface area contributed by atoms with Crippen LogP contribution in [-0.4, -0.2) is 77.9 Å². The first-order valence-electron chi connectivity index (χ1n) is 10.4. The first kappa shape index (κ1) is 19.3. The molecule has 2 N–H and O–H groups in total. The maximum Gasteiger partial charge on any atom is 0.262 e. The summed E-state index contributed by atoms with van der Waals surface area (Å²) in [7, 11) is 0. The van der Waals surface area contributed by atoms with Gasteiger partial charge in [-0.1, -0.05) is 6.07 Å². The number of imide groups is 2. The molecule has 0 radical (unpaired) electrons. The van der Waals surface area contributed by atoms with Crippen molar-refractivity contribution in [3.8, 4) is 0 Å². The molecule has 0 aliphatic carbocycles. The number of hydrogen-bond acceptors (Lipinski definition) is 7. The largest absolute Gasteiger partial charge is 0.371 e. The lowest BCUT2D eigenvalue weighted by atomic mass is 10.0. The number of piperidine rings is 1. The monoisotopic (exact) mass is 412 g/mol. The van der Waals surface area contributed by atoms with Gasteiger partial charge in [0.05, 0.1) is 23.3 Å². The molecule has 2 unspecified atom stereocenters. The molecule has 4 amide bonds. The minimum atomic E-state index is -0.937. The normalized spacial score (nSPS) is 29.6. The van der Waals surface area contributed by atoms with E-state index in [0.717, 1.165) is 49.7 Å². The van der Waals surface area contributed by atoms with Crippen molar-refractivity contribution in [2.24, 2.45) is 0 Å². The Morgan fingerprint density at radius 2 is 1.97 bits per heavy atom. The van der Waals surface area contributed by atoms with Crippen LogP contribution in [0.2, 0.25) is 0 Å². The van der Waals surface area contributed by atoms with E-state index < -0.39 is 23.8 Å². The summed E-state index contributed by atoms with van der Waals surface area (Å²) >= 11 is 0. The van der Waals surface area contributed by atoms with Crippen molar-refractivity contribution in [3.05, 3.63) is 34.9 Å². The van der Waals surface area contributed by atoms with Crippen LogP contribution in [0.4, 0.5) is 0 Å². The Bertz CT molecular complexity index is 939. The SMILES string of the molecule is O=C1CCC(N2C(=O)c3ccc(CN4CCC5(CNCCO5)C4)cc3C2=O)C(=O)N1. The van der Waals surface area contributed by atoms with Crippen LogP contribution in [0, 0.1) is 0 Å². The third-order valence-corrected chi connectivity index (χ3v) is 6.44. The molecular formula is C21H24N4O5. The van der Waals surface area contributed by atoms with Crippen LogP contribution in [0.15, 0.2) is 18.2 Å². The van der Waals surface area contributed by atoms with Gasteiger partial charge in [-0.2, -0.15) is 0 Å². The molecule has 5 rings (SSSR count). The lowest BCUT2D eigenvalue weighted by Crippen LogP contribution is -2.54. The summed E-state index contributed by atoms with van der Waals surface area (Å²) < 4.78 is 6.03. The molecule has 4 heterocycles. The summed E-state index contributed by atoms with van der Waals surface area (Å²) in [5.41, 5.74) is 1.45. The molecular weight excluding hydrogens is 388 g/mol. The summed E-state index contributed by atoms with van der Waals surface area (Å²) in [5.74, 6) is -1.91. The molecule has 1 aromatic carbocycles. The fourth-order valence-electron chi connectivity index (χ4n) is 4.91. The molecule has 4 aliphatic heterocycles. The second kappa shape index (κ2) is 7.26. The molecule has 0 aromatic heterocycles. The second-order valence-electron chi connectivity index (χ2n) is 8.50. The Hall–Kier alpha value is -2.62. The van der Waals surface area contributed by atoms with Gasteiger partial charge in [-0.15, -0.1) is 0 Å². The van der Waals surface area contributed by atoms with Gasteiger partial charge in [-0.05, 0) is 30.5 Å². The van der Waals surface area contributed by atoms with E-state index in [2.05, 4.69) is 15.5 Å². The maximum absolute atomic E-state index is 13.0. The highest BCUT2D eigenvalue weighted by molar-refractivity contribution is 6.23. The van der Waals surface area contributed by atoms with Gasteiger partial charge in [0.25, 0.3) is 11.8 Å². The molecule has 1 aromatic rings. The van der Waals surface area contributed by atoms with E-state index in [4.69, 9.17) is 4.74 Å². The van der Waals surface area contributed by atoms with E-state index in [1.165, 1.54) is 0 Å². The molecule has 9 heteroatoms. The maximum atomic E-state index is 13.0. The summed E-state index contributed by atoms with van der Waals surface area (Å²) in [6.45, 7) is 4.85. The zero-order chi connectivity index (χ0) is 20.9. The first-order valence-corrected chi connectivity index (χ1v) is 10.4. The van der Waals surface area contributed by atoms with Crippen LogP contribution >= 0.6 is 0 Å². The number of likely N-dealkylation sites (tertiary alicyclic amines) is 1. The Balaban J connectivity index is 1.31. The van der Waals surface area contributed by atoms with Crippen molar-refractivity contribution in [2.45, 2.75) is 37.5 Å². The molecule has 158 valence electrons. The van der Waals surface area contributed by atoms with Gasteiger partial charge in [-0.3, -0.25) is 34.3 Å². The molecule has 9 nitrogen and oxygen atoms in total. The van der Waals surface area contributed by atoms with Gasteiger partial charge in [0.2, 0.25) is 11.8 Å². The minimum Gasteiger partial charge on any atom is -0.371 e. The van der Waals surface area contributed by atoms with E-state index in [9.17, 15) is 19.2 Å². The number of hydrogen-bond donors (Lipinski definition) is 2. The Morgan fingerprint density at radius 1 is 1.13 bits per heavy atom. The standard InChI is InChI=1S/C21H24N4O5/c26-17-4-3-16(18(27)23-17)25-19(28)14-2-1-13(9-15(14)20(25)29)10-24-7-5-21(12-24)11-22-6-8-30-21/h1-2,9,16,22H,3-8,10-12H2,(H,23,26,27). The van der Waals surface area contributed by atoms with E-state index in [1.54, 1.807) is 12.1 Å². The van der Waals surface area contributed by atoms with Crippen LogP contribution in [0.5, 0.6) is 0 Å². The van der Waals surface area contributed by atoms with Gasteiger partial charge in [0.1, 0.15) is 6.04 Å². The van der Waals surface area contributed by atoms with Gasteiger partial charge >= 0.3 is 0 Å². The molecule has 30 heavy (non-hydrogen) atoms. The predicted molar refractivity (Wildman–Crippen MR) is 105 cm³/mol. The third-order valence-electron chi connectivity index (χ3n) is 6.44. The summed E-state index contributed by atoms with van der Waals surface area (Å²) in [6, 6.07) is 4.35. The number of nitrogens with one attached hydrogen (secondary N) is 2. The van der Waals surface area contributed by atoms with Crippen molar-refractivity contribution in [1.82, 2.24) is 20.4 Å². The van der Waals surface area contributed by atoms with Crippen LogP contribution < -0.4 is 10.6 Å². The molecule has 1 spiro atoms. The number of benzene rings is 1. The third kappa shape index (κ3) is 3.23. The Kier molecular flexibility index (Phi) is 4.68. The minimum absolute atomic E-state index is 0.114. The smallest absolute Gasteiger partial charge is 0.262 e. The van der Waals surface area contributed by atoms with E-state index in [-0.39, 0.29) is 24.3 Å². The number of morpholine rings is 1. The average molecular weight is 412 g/mol. The van der Waals surface area contributed by atoms with Crippen molar-refractivity contribution in [2.75, 3.05) is 32.8 Å². The molecule has 4 aliphatic rings. The number of carbonyl (C=O) groups excluding carboxylic acids is 4. The highest BCUT2D eigenvalue weighted by Crippen LogP contribution is 2.31. The Labute approximate surface area is 173 Å². The van der Waals surface area contributed by atoms with Crippen LogP contribution in [0.25, 0.3) is 0 Å². The van der Waals surface area contributed by atoms with E-state index in [0.29, 0.717) is 17.7 Å². The summed E-state index contributed by atoms with van der Waals surface area (Å²) in [4.78, 5) is 52.6. The molecule has 3 fully saturated rings. The fourth-order valence-corrected chi connectivity index (χ4v) is 4.91. The number of rotatable bonds is 3. The van der Waals surface area contributed by atoms with Crippen molar-refractivity contribution in [3.63, 3.8) is 0 Å². The topological polar surface area (TPSA) is 108 Å². The van der Waals surface area contributed by atoms with Crippen molar-refractivity contribution >= 4 is 23.6 Å². The van der Waals surface area contributed by atoms with E-state index in [1.807, 2.05) is 6.07 Å². The highest BCUT2D eigenvalue weighted by Gasteiger charge is 2.45. The van der Waals surface area contributed by atoms with Crippen LogP contribution in [0.1, 0.15) is 45.5 Å². The quantitative estimate of drug-likeness (QED) is 0.654. The number of carbonyl (C=O) groups is 4. The summed E-state index contributed by atoms with van der Waals surface area (Å²) in [5, 5.41) is 5.61. The average Bonchev–Trinajstić information content (AvgIpc) is 3.21. The number of ether oxygens (including phenoxy) is 1. The van der Waals surface area contributed by atoms with Gasteiger partial charge in [0.15, 0.2) is 0 Å². The van der Waals surface area contributed by atoms with E-state index >= 15 is 0 Å². The first-order chi connectivity index (χ1) is 14.5. The number of amides is 4. The van der Waals surface area contributed by atoms with Crippen molar-refractivity contribution < 1.29 is 23.9 Å². The Morgan fingerprint density at radius 3 is 2.73 bits per heavy atom. The fraction of sp³-hybridized carbons (Fsp3) is 0.524. The van der Waals surface area contributed by atoms with Crippen molar-refractivity contribution in [1.29, 1.82) is 0 Å². The predicted octanol–water partition coefficient (Wildman–Crippen LogP) is -0.348. The highest BCUT2D eigenvalue weighted by atomic mass is 16.5. The molecule has 2 atom stereocenters. The van der Waals surface area contributed by atoms with Gasteiger partial charge in [0, 0.05) is 39.1 Å².